The van der Waals surface area contributed by atoms with E-state index in [1.165, 1.54) is 4.90 Å². The molecule has 0 aromatic heterocycles. The summed E-state index contributed by atoms with van der Waals surface area (Å²) in [5, 5.41) is 30.5. The lowest BCUT2D eigenvalue weighted by Gasteiger charge is -2.17. The topological polar surface area (TPSA) is 117 Å². The molecule has 0 spiro atoms. The second-order valence-electron chi connectivity index (χ2n) is 4.50. The fourth-order valence-corrected chi connectivity index (χ4v) is 1.96. The van der Waals surface area contributed by atoms with E-state index >= 15 is 0 Å². The summed E-state index contributed by atoms with van der Waals surface area (Å²) in [6.45, 7) is -2.49. The van der Waals surface area contributed by atoms with Crippen LogP contribution in [0.25, 0.3) is 6.08 Å². The summed E-state index contributed by atoms with van der Waals surface area (Å²) in [5.41, 5.74) is -1.41. The molecule has 0 heterocycles. The van der Waals surface area contributed by atoms with Gasteiger partial charge in [-0.2, -0.15) is 5.26 Å². The van der Waals surface area contributed by atoms with E-state index in [1.54, 1.807) is 19.9 Å². The molecule has 8 nitrogen and oxygen atoms in total. The number of nitro benzene ring substituents is 1. The molecule has 0 aliphatic carbocycles. The van der Waals surface area contributed by atoms with Crippen LogP contribution in [0.15, 0.2) is 17.7 Å². The molecule has 1 amide bonds. The van der Waals surface area contributed by atoms with E-state index < -0.39 is 41.4 Å². The van der Waals surface area contributed by atoms with Gasteiger partial charge in [0, 0.05) is 23.3 Å². The number of nitro groups is 1. The van der Waals surface area contributed by atoms with Crippen LogP contribution in [0, 0.1) is 21.4 Å². The number of aromatic hydroxyl groups is 1. The molecule has 0 fully saturated rings. The van der Waals surface area contributed by atoms with Crippen molar-refractivity contribution in [3.63, 3.8) is 0 Å². The fraction of sp³-hybridized carbons (Fsp3) is 0.375. The average molecular weight is 338 g/mol. The van der Waals surface area contributed by atoms with Crippen molar-refractivity contribution >= 4 is 17.7 Å². The Morgan fingerprint density at radius 3 is 2.75 bits per heavy atom. The quantitative estimate of drug-likeness (QED) is 0.353. The van der Waals surface area contributed by atoms with Gasteiger partial charge in [-0.1, -0.05) is 0 Å². The summed E-state index contributed by atoms with van der Waals surface area (Å²) in [5.74, 6) is -2.54. The summed E-state index contributed by atoms with van der Waals surface area (Å²) in [7, 11) is 0. The minimum Gasteiger partial charge on any atom is -0.500 e. The Kier molecular flexibility index (Phi) is 4.39. The standard InChI is InChI=1S/C16H19N3O5/c1-4-18(5-2)16(21)12(10-17)7-11-8-13(19(22)23)15(20)14(9-11)24-6-3/h7-9,20H,4-6H2,1-3H3/b12-7+/i3D3,6D2. The number of rotatable bonds is 7. The van der Waals surface area contributed by atoms with Gasteiger partial charge in [-0.25, -0.2) is 0 Å². The minimum absolute atomic E-state index is 0.136. The molecule has 24 heavy (non-hydrogen) atoms. The average Bonchev–Trinajstić information content (AvgIpc) is 2.61. The van der Waals surface area contributed by atoms with Crippen molar-refractivity contribution in [2.75, 3.05) is 19.6 Å². The minimum atomic E-state index is -3.27. The zero-order chi connectivity index (χ0) is 22.6. The molecule has 0 saturated carbocycles. The molecule has 0 unspecified atom stereocenters. The van der Waals surface area contributed by atoms with Gasteiger partial charge in [0.2, 0.25) is 5.75 Å². The number of likely N-dealkylation sites (N-methyl/N-ethyl adjacent to an activating group) is 1. The van der Waals surface area contributed by atoms with Gasteiger partial charge in [0.1, 0.15) is 11.6 Å². The second kappa shape index (κ2) is 8.53. The first-order valence-corrected chi connectivity index (χ1v) is 6.90. The Balaban J connectivity index is 3.57. The lowest BCUT2D eigenvalue weighted by atomic mass is 10.1. The number of amides is 1. The number of hydrogen-bond acceptors (Lipinski definition) is 6. The SMILES string of the molecule is [2H]C([2H])([2H])C([2H])([2H])Oc1cc(/C=C(\C#N)C(=O)N(CC)CC)cc([N+](=O)[O-])c1O. The molecular formula is C16H19N3O5. The maximum atomic E-state index is 12.4. The summed E-state index contributed by atoms with van der Waals surface area (Å²) < 4.78 is 41.1. The molecule has 0 aliphatic rings. The number of phenolic OH excluding ortho intramolecular Hbond substituents is 1. The summed E-state index contributed by atoms with van der Waals surface area (Å²) in [4.78, 5) is 23.9. The zero-order valence-electron chi connectivity index (χ0n) is 18.1. The van der Waals surface area contributed by atoms with Crippen molar-refractivity contribution in [3.8, 4) is 17.6 Å². The van der Waals surface area contributed by atoms with Crippen molar-refractivity contribution < 1.29 is 26.4 Å². The largest absolute Gasteiger partial charge is 0.500 e. The second-order valence-corrected chi connectivity index (χ2v) is 4.50. The molecule has 1 aromatic carbocycles. The third-order valence-electron chi connectivity index (χ3n) is 3.15. The Morgan fingerprint density at radius 2 is 2.25 bits per heavy atom. The van der Waals surface area contributed by atoms with Crippen molar-refractivity contribution in [3.05, 3.63) is 33.4 Å². The Labute approximate surface area is 146 Å². The summed E-state index contributed by atoms with van der Waals surface area (Å²) >= 11 is 0. The number of carbonyl (C=O) groups is 1. The Morgan fingerprint density at radius 1 is 1.58 bits per heavy atom. The van der Waals surface area contributed by atoms with Crippen molar-refractivity contribution in [1.82, 2.24) is 4.90 Å². The van der Waals surface area contributed by atoms with Crippen LogP contribution >= 0.6 is 0 Å². The first kappa shape index (κ1) is 12.4. The third kappa shape index (κ3) is 4.23. The molecule has 0 aliphatic heterocycles. The highest BCUT2D eigenvalue weighted by Crippen LogP contribution is 2.37. The van der Waals surface area contributed by atoms with Crippen molar-refractivity contribution in [1.29, 1.82) is 5.26 Å². The van der Waals surface area contributed by atoms with Gasteiger partial charge >= 0.3 is 5.69 Å². The van der Waals surface area contributed by atoms with Gasteiger partial charge in [0.05, 0.1) is 14.2 Å². The van der Waals surface area contributed by atoms with Crippen molar-refractivity contribution in [2.45, 2.75) is 20.7 Å². The molecule has 128 valence electrons. The number of carbonyl (C=O) groups excluding carboxylic acids is 1. The van der Waals surface area contributed by atoms with Crippen LogP contribution in [-0.4, -0.2) is 40.5 Å². The van der Waals surface area contributed by atoms with E-state index in [0.29, 0.717) is 13.1 Å². The van der Waals surface area contributed by atoms with Gasteiger partial charge in [-0.3, -0.25) is 14.9 Å². The highest BCUT2D eigenvalue weighted by Gasteiger charge is 2.21. The molecule has 0 atom stereocenters. The highest BCUT2D eigenvalue weighted by atomic mass is 16.6. The molecule has 1 rings (SSSR count). The molecule has 8 heteroatoms. The van der Waals surface area contributed by atoms with Gasteiger partial charge in [-0.05, 0) is 38.4 Å². The molecule has 1 N–H and O–H groups in total. The van der Waals surface area contributed by atoms with Gasteiger partial charge in [-0.15, -0.1) is 0 Å². The normalized spacial score (nSPS) is 15.0. The smallest absolute Gasteiger partial charge is 0.315 e. The van der Waals surface area contributed by atoms with Crippen LogP contribution in [0.3, 0.4) is 0 Å². The Hall–Kier alpha value is -3.08. The van der Waals surface area contributed by atoms with Crippen LogP contribution in [-0.2, 0) is 4.79 Å². The first-order valence-electron chi connectivity index (χ1n) is 9.40. The Bertz CT molecular complexity index is 873. The van der Waals surface area contributed by atoms with Crippen LogP contribution in [0.5, 0.6) is 11.5 Å². The van der Waals surface area contributed by atoms with Crippen molar-refractivity contribution in [2.24, 2.45) is 0 Å². The number of hydrogen-bond donors (Lipinski definition) is 1. The molecule has 0 bridgehead atoms. The molecule has 0 radical (unpaired) electrons. The van der Waals surface area contributed by atoms with Crippen LogP contribution < -0.4 is 4.74 Å². The fourth-order valence-electron chi connectivity index (χ4n) is 1.96. The zero-order valence-corrected chi connectivity index (χ0v) is 13.1. The number of benzene rings is 1. The van der Waals surface area contributed by atoms with E-state index in [2.05, 4.69) is 0 Å². The van der Waals surface area contributed by atoms with Crippen LogP contribution in [0.2, 0.25) is 0 Å². The predicted molar refractivity (Wildman–Crippen MR) is 87.4 cm³/mol. The van der Waals surface area contributed by atoms with E-state index in [1.807, 2.05) is 0 Å². The number of phenols is 1. The number of nitrogens with zero attached hydrogens (tertiary/aromatic N) is 3. The van der Waals surface area contributed by atoms with E-state index in [0.717, 1.165) is 18.2 Å². The predicted octanol–water partition coefficient (Wildman–Crippen LogP) is 2.47. The third-order valence-corrected chi connectivity index (χ3v) is 3.15. The monoisotopic (exact) mass is 338 g/mol. The van der Waals surface area contributed by atoms with Crippen LogP contribution in [0.1, 0.15) is 33.1 Å². The van der Waals surface area contributed by atoms with Gasteiger partial charge in [0.25, 0.3) is 5.91 Å². The van der Waals surface area contributed by atoms with E-state index in [9.17, 15) is 25.3 Å². The van der Waals surface area contributed by atoms with Gasteiger partial charge in [0.15, 0.2) is 5.75 Å². The highest BCUT2D eigenvalue weighted by molar-refractivity contribution is 6.01. The maximum Gasteiger partial charge on any atom is 0.315 e. The molecule has 0 saturated heterocycles. The molecule has 1 aromatic rings. The van der Waals surface area contributed by atoms with Gasteiger partial charge < -0.3 is 14.7 Å². The maximum absolute atomic E-state index is 12.4. The number of nitriles is 1. The van der Waals surface area contributed by atoms with E-state index in [-0.39, 0.29) is 11.1 Å². The lowest BCUT2D eigenvalue weighted by molar-refractivity contribution is -0.386. The van der Waals surface area contributed by atoms with Crippen LogP contribution in [0.4, 0.5) is 5.69 Å². The molecular weight excluding hydrogens is 314 g/mol. The first-order chi connectivity index (χ1) is 13.3. The summed E-state index contributed by atoms with van der Waals surface area (Å²) in [6.07, 6.45) is 1.00. The lowest BCUT2D eigenvalue weighted by Crippen LogP contribution is -2.31. The van der Waals surface area contributed by atoms with E-state index in [4.69, 9.17) is 11.6 Å². The summed E-state index contributed by atoms with van der Waals surface area (Å²) in [6, 6.07) is 3.44. The number of ether oxygens (including phenoxy) is 1.